The quantitative estimate of drug-likeness (QED) is 0.387. The molecule has 0 radical (unpaired) electrons. The van der Waals surface area contributed by atoms with Crippen LogP contribution in [-0.4, -0.2) is 22.3 Å². The van der Waals surface area contributed by atoms with E-state index in [1.165, 1.54) is 51.4 Å². The molecular weight excluding hydrogens is 240 g/mol. The molecule has 0 bridgehead atoms. The number of hydrogen-bond acceptors (Lipinski definition) is 2. The van der Waals surface area contributed by atoms with Gasteiger partial charge in [0.05, 0.1) is 0 Å². The predicted molar refractivity (Wildman–Crippen MR) is 79.2 cm³/mol. The standard InChI is InChI=1S/C16H30O3/c1-2-3-4-5-6-7-8-9-10-11-12-13-14-15(17)16(18)19/h11-12,15,17H,2-10,13-14H2,1H3,(H,18,19)/b12-11-/t15-/m1/s1. The van der Waals surface area contributed by atoms with Gasteiger partial charge < -0.3 is 10.2 Å². The zero-order chi connectivity index (χ0) is 14.3. The molecule has 3 heteroatoms. The van der Waals surface area contributed by atoms with Crippen molar-refractivity contribution < 1.29 is 15.0 Å². The van der Waals surface area contributed by atoms with Gasteiger partial charge >= 0.3 is 5.97 Å². The molecule has 112 valence electrons. The summed E-state index contributed by atoms with van der Waals surface area (Å²) in [6.07, 6.45) is 15.5. The molecule has 3 nitrogen and oxygen atoms in total. The van der Waals surface area contributed by atoms with Crippen molar-refractivity contribution in [2.75, 3.05) is 0 Å². The van der Waals surface area contributed by atoms with Gasteiger partial charge in [-0.2, -0.15) is 0 Å². The van der Waals surface area contributed by atoms with E-state index in [2.05, 4.69) is 13.0 Å². The number of unbranched alkanes of at least 4 members (excludes halogenated alkanes) is 8. The molecule has 0 fully saturated rings. The van der Waals surface area contributed by atoms with Gasteiger partial charge in [-0.05, 0) is 25.7 Å². The van der Waals surface area contributed by atoms with E-state index in [0.29, 0.717) is 12.8 Å². The van der Waals surface area contributed by atoms with Gasteiger partial charge in [-0.3, -0.25) is 0 Å². The molecule has 0 aliphatic heterocycles. The van der Waals surface area contributed by atoms with Crippen LogP contribution in [0.4, 0.5) is 0 Å². The molecular formula is C16H30O3. The van der Waals surface area contributed by atoms with Crippen molar-refractivity contribution in [3.63, 3.8) is 0 Å². The molecule has 0 aliphatic rings. The largest absolute Gasteiger partial charge is 0.479 e. The Kier molecular flexibility index (Phi) is 13.0. The monoisotopic (exact) mass is 270 g/mol. The van der Waals surface area contributed by atoms with E-state index >= 15 is 0 Å². The molecule has 0 rings (SSSR count). The summed E-state index contributed by atoms with van der Waals surface area (Å²) in [5, 5.41) is 17.5. The molecule has 0 aromatic rings. The third-order valence-corrected chi connectivity index (χ3v) is 3.28. The fourth-order valence-corrected chi connectivity index (χ4v) is 2.01. The van der Waals surface area contributed by atoms with E-state index in [9.17, 15) is 4.79 Å². The molecule has 0 unspecified atom stereocenters. The average molecular weight is 270 g/mol. The van der Waals surface area contributed by atoms with E-state index in [1.54, 1.807) is 0 Å². The van der Waals surface area contributed by atoms with Crippen LogP contribution in [-0.2, 0) is 4.79 Å². The first kappa shape index (κ1) is 18.2. The van der Waals surface area contributed by atoms with Crippen molar-refractivity contribution in [1.29, 1.82) is 0 Å². The number of carbonyl (C=O) groups is 1. The van der Waals surface area contributed by atoms with E-state index in [-0.39, 0.29) is 0 Å². The van der Waals surface area contributed by atoms with Crippen LogP contribution in [0.3, 0.4) is 0 Å². The summed E-state index contributed by atoms with van der Waals surface area (Å²) < 4.78 is 0. The van der Waals surface area contributed by atoms with Crippen LogP contribution in [0.5, 0.6) is 0 Å². The lowest BCUT2D eigenvalue weighted by Crippen LogP contribution is -2.18. The van der Waals surface area contributed by atoms with Crippen molar-refractivity contribution in [3.8, 4) is 0 Å². The Balaban J connectivity index is 3.19. The SMILES string of the molecule is CCCCCCCCCC/C=C\CC[C@@H](O)C(=O)O. The average Bonchev–Trinajstić information content (AvgIpc) is 2.39. The van der Waals surface area contributed by atoms with Crippen LogP contribution >= 0.6 is 0 Å². The van der Waals surface area contributed by atoms with Crippen molar-refractivity contribution in [2.24, 2.45) is 0 Å². The molecule has 0 spiro atoms. The Morgan fingerprint density at radius 1 is 0.947 bits per heavy atom. The van der Waals surface area contributed by atoms with Crippen LogP contribution in [0.25, 0.3) is 0 Å². The van der Waals surface area contributed by atoms with E-state index in [4.69, 9.17) is 10.2 Å². The number of carboxylic acid groups (broad SMARTS) is 1. The minimum atomic E-state index is -1.22. The summed E-state index contributed by atoms with van der Waals surface area (Å²) in [6.45, 7) is 2.24. The number of hydrogen-bond donors (Lipinski definition) is 2. The highest BCUT2D eigenvalue weighted by Gasteiger charge is 2.10. The van der Waals surface area contributed by atoms with Crippen LogP contribution < -0.4 is 0 Å². The smallest absolute Gasteiger partial charge is 0.332 e. The number of allylic oxidation sites excluding steroid dienone is 2. The zero-order valence-corrected chi connectivity index (χ0v) is 12.3. The van der Waals surface area contributed by atoms with Gasteiger partial charge in [-0.1, -0.05) is 64.0 Å². The van der Waals surface area contributed by atoms with Crippen molar-refractivity contribution in [3.05, 3.63) is 12.2 Å². The first-order valence-electron chi connectivity index (χ1n) is 7.74. The lowest BCUT2D eigenvalue weighted by molar-refractivity contribution is -0.146. The molecule has 0 aromatic heterocycles. The molecule has 0 aromatic carbocycles. The maximum atomic E-state index is 10.4. The predicted octanol–water partition coefficient (Wildman–Crippen LogP) is 4.30. The Morgan fingerprint density at radius 3 is 2.05 bits per heavy atom. The molecule has 0 aliphatic carbocycles. The topological polar surface area (TPSA) is 57.5 Å². The van der Waals surface area contributed by atoms with Crippen LogP contribution in [0.2, 0.25) is 0 Å². The first-order valence-corrected chi connectivity index (χ1v) is 7.74. The van der Waals surface area contributed by atoms with Crippen LogP contribution in [0, 0.1) is 0 Å². The summed E-state index contributed by atoms with van der Waals surface area (Å²) in [4.78, 5) is 10.4. The number of rotatable bonds is 13. The second kappa shape index (κ2) is 13.6. The Morgan fingerprint density at radius 2 is 1.47 bits per heavy atom. The first-order chi connectivity index (χ1) is 9.18. The summed E-state index contributed by atoms with van der Waals surface area (Å²) in [6, 6.07) is 0. The van der Waals surface area contributed by atoms with Gasteiger partial charge in [-0.25, -0.2) is 4.79 Å². The lowest BCUT2D eigenvalue weighted by Gasteiger charge is -2.01. The molecule has 0 saturated carbocycles. The zero-order valence-electron chi connectivity index (χ0n) is 12.3. The maximum Gasteiger partial charge on any atom is 0.332 e. The highest BCUT2D eigenvalue weighted by molar-refractivity contribution is 5.71. The lowest BCUT2D eigenvalue weighted by atomic mass is 10.1. The van der Waals surface area contributed by atoms with Gasteiger partial charge in [0.25, 0.3) is 0 Å². The number of aliphatic hydroxyl groups is 1. The fourth-order valence-electron chi connectivity index (χ4n) is 2.01. The minimum Gasteiger partial charge on any atom is -0.479 e. The molecule has 0 heterocycles. The summed E-state index contributed by atoms with van der Waals surface area (Å²) in [5.74, 6) is -1.13. The number of aliphatic hydroxyl groups excluding tert-OH is 1. The second-order valence-corrected chi connectivity index (χ2v) is 5.17. The van der Waals surface area contributed by atoms with Gasteiger partial charge in [0.2, 0.25) is 0 Å². The highest BCUT2D eigenvalue weighted by atomic mass is 16.4. The van der Waals surface area contributed by atoms with Crippen LogP contribution in [0.15, 0.2) is 12.2 Å². The van der Waals surface area contributed by atoms with Gasteiger partial charge in [0, 0.05) is 0 Å². The Labute approximate surface area is 117 Å². The molecule has 1 atom stereocenters. The van der Waals surface area contributed by atoms with Crippen molar-refractivity contribution in [2.45, 2.75) is 83.7 Å². The Hall–Kier alpha value is -0.830. The maximum absolute atomic E-state index is 10.4. The number of carboxylic acids is 1. The third-order valence-electron chi connectivity index (χ3n) is 3.28. The van der Waals surface area contributed by atoms with E-state index in [0.717, 1.165) is 6.42 Å². The summed E-state index contributed by atoms with van der Waals surface area (Å²) in [5.41, 5.74) is 0. The van der Waals surface area contributed by atoms with E-state index in [1.807, 2.05) is 6.08 Å². The van der Waals surface area contributed by atoms with Gasteiger partial charge in [0.15, 0.2) is 6.10 Å². The van der Waals surface area contributed by atoms with Gasteiger partial charge in [0.1, 0.15) is 0 Å². The molecule has 0 saturated heterocycles. The highest BCUT2D eigenvalue weighted by Crippen LogP contribution is 2.10. The molecule has 0 amide bonds. The fraction of sp³-hybridized carbons (Fsp3) is 0.812. The Bertz CT molecular complexity index is 236. The summed E-state index contributed by atoms with van der Waals surface area (Å²) in [7, 11) is 0. The minimum absolute atomic E-state index is 0.309. The second-order valence-electron chi connectivity index (χ2n) is 5.17. The van der Waals surface area contributed by atoms with Crippen LogP contribution in [0.1, 0.15) is 77.6 Å². The van der Waals surface area contributed by atoms with Crippen molar-refractivity contribution >= 4 is 5.97 Å². The van der Waals surface area contributed by atoms with E-state index < -0.39 is 12.1 Å². The third kappa shape index (κ3) is 13.4. The normalized spacial score (nSPS) is 12.9. The van der Waals surface area contributed by atoms with Crippen molar-refractivity contribution in [1.82, 2.24) is 0 Å². The summed E-state index contributed by atoms with van der Waals surface area (Å²) >= 11 is 0. The molecule has 19 heavy (non-hydrogen) atoms. The van der Waals surface area contributed by atoms with Gasteiger partial charge in [-0.15, -0.1) is 0 Å². The molecule has 2 N–H and O–H groups in total. The number of aliphatic carboxylic acids is 1.